The standard InChI is InChI=1S/C10H15N3O/c1-6-11-12-10(14-6)8-5-7-3-4-9(8)13(7)2/h7-9H,3-5H2,1-2H3. The Kier molecular flexibility index (Phi) is 1.68. The molecule has 2 aliphatic heterocycles. The molecule has 0 aromatic carbocycles. The van der Waals surface area contributed by atoms with Gasteiger partial charge in [-0.1, -0.05) is 0 Å². The van der Waals surface area contributed by atoms with Crippen molar-refractivity contribution in [3.8, 4) is 0 Å². The normalized spacial score (nSPS) is 36.9. The van der Waals surface area contributed by atoms with E-state index in [1.165, 1.54) is 19.3 Å². The van der Waals surface area contributed by atoms with Gasteiger partial charge in [0.1, 0.15) is 0 Å². The van der Waals surface area contributed by atoms with E-state index in [1.54, 1.807) is 0 Å². The summed E-state index contributed by atoms with van der Waals surface area (Å²) in [5, 5.41) is 8.04. The summed E-state index contributed by atoms with van der Waals surface area (Å²) in [5.41, 5.74) is 0. The first-order valence-corrected chi connectivity index (χ1v) is 5.27. The zero-order chi connectivity index (χ0) is 9.71. The van der Waals surface area contributed by atoms with E-state index in [0.29, 0.717) is 17.9 Å². The summed E-state index contributed by atoms with van der Waals surface area (Å²) >= 11 is 0. The average molecular weight is 193 g/mol. The summed E-state index contributed by atoms with van der Waals surface area (Å²) in [7, 11) is 2.21. The van der Waals surface area contributed by atoms with Crippen LogP contribution >= 0.6 is 0 Å². The Labute approximate surface area is 83.3 Å². The van der Waals surface area contributed by atoms with Gasteiger partial charge in [-0.25, -0.2) is 0 Å². The zero-order valence-corrected chi connectivity index (χ0v) is 8.60. The van der Waals surface area contributed by atoms with Gasteiger partial charge in [-0.2, -0.15) is 0 Å². The fraction of sp³-hybridized carbons (Fsp3) is 0.800. The molecule has 3 atom stereocenters. The first kappa shape index (κ1) is 8.41. The molecular formula is C10H15N3O. The Balaban J connectivity index is 1.88. The number of hydrogen-bond acceptors (Lipinski definition) is 4. The quantitative estimate of drug-likeness (QED) is 0.674. The van der Waals surface area contributed by atoms with E-state index in [1.807, 2.05) is 6.92 Å². The van der Waals surface area contributed by atoms with Crippen molar-refractivity contribution in [2.24, 2.45) is 0 Å². The predicted molar refractivity (Wildman–Crippen MR) is 51.0 cm³/mol. The molecule has 2 bridgehead atoms. The highest BCUT2D eigenvalue weighted by Gasteiger charge is 2.46. The lowest BCUT2D eigenvalue weighted by molar-refractivity contribution is 0.295. The van der Waals surface area contributed by atoms with Crippen molar-refractivity contribution >= 4 is 0 Å². The molecule has 0 aliphatic carbocycles. The number of aromatic nitrogens is 2. The van der Waals surface area contributed by atoms with Crippen molar-refractivity contribution in [3.63, 3.8) is 0 Å². The number of rotatable bonds is 1. The van der Waals surface area contributed by atoms with Crippen LogP contribution in [0.3, 0.4) is 0 Å². The molecule has 0 radical (unpaired) electrons. The topological polar surface area (TPSA) is 42.2 Å². The number of likely N-dealkylation sites (N-methyl/N-ethyl adjacent to an activating group) is 1. The maximum absolute atomic E-state index is 5.52. The molecule has 0 N–H and O–H groups in total. The molecule has 0 amide bonds. The van der Waals surface area contributed by atoms with Gasteiger partial charge >= 0.3 is 0 Å². The lowest BCUT2D eigenvalue weighted by atomic mass is 9.89. The lowest BCUT2D eigenvalue weighted by Crippen LogP contribution is -2.25. The Bertz CT molecular complexity index is 349. The van der Waals surface area contributed by atoms with Crippen LogP contribution in [0.25, 0.3) is 0 Å². The predicted octanol–water partition coefficient (Wildman–Crippen LogP) is 1.33. The van der Waals surface area contributed by atoms with Crippen molar-refractivity contribution in [1.82, 2.24) is 15.1 Å². The van der Waals surface area contributed by atoms with Crippen molar-refractivity contribution in [1.29, 1.82) is 0 Å². The smallest absolute Gasteiger partial charge is 0.221 e. The highest BCUT2D eigenvalue weighted by molar-refractivity contribution is 5.09. The lowest BCUT2D eigenvalue weighted by Gasteiger charge is -2.17. The molecule has 4 heteroatoms. The van der Waals surface area contributed by atoms with Crippen molar-refractivity contribution in [2.75, 3.05) is 7.05 Å². The fourth-order valence-corrected chi connectivity index (χ4v) is 2.99. The van der Waals surface area contributed by atoms with Crippen LogP contribution in [0.15, 0.2) is 4.42 Å². The summed E-state index contributed by atoms with van der Waals surface area (Å²) in [6.07, 6.45) is 3.82. The maximum atomic E-state index is 5.52. The monoisotopic (exact) mass is 193 g/mol. The summed E-state index contributed by atoms with van der Waals surface area (Å²) in [6, 6.07) is 1.39. The van der Waals surface area contributed by atoms with Crippen LogP contribution in [0.2, 0.25) is 0 Å². The van der Waals surface area contributed by atoms with E-state index in [2.05, 4.69) is 22.1 Å². The van der Waals surface area contributed by atoms with Gasteiger partial charge in [-0.15, -0.1) is 10.2 Å². The molecule has 0 spiro atoms. The van der Waals surface area contributed by atoms with Crippen LogP contribution < -0.4 is 0 Å². The minimum atomic E-state index is 0.486. The first-order chi connectivity index (χ1) is 6.75. The molecule has 1 aromatic rings. The van der Waals surface area contributed by atoms with Crippen LogP contribution in [-0.2, 0) is 0 Å². The molecule has 14 heavy (non-hydrogen) atoms. The SMILES string of the molecule is Cc1nnc(C2CC3CCC2N3C)o1. The number of hydrogen-bond donors (Lipinski definition) is 0. The molecule has 3 rings (SSSR count). The second-order valence-electron chi connectivity index (χ2n) is 4.47. The number of aryl methyl sites for hydroxylation is 1. The van der Waals surface area contributed by atoms with E-state index >= 15 is 0 Å². The van der Waals surface area contributed by atoms with Crippen LogP contribution in [0.5, 0.6) is 0 Å². The zero-order valence-electron chi connectivity index (χ0n) is 8.60. The van der Waals surface area contributed by atoms with Gasteiger partial charge in [0.15, 0.2) is 0 Å². The first-order valence-electron chi connectivity index (χ1n) is 5.27. The summed E-state index contributed by atoms with van der Waals surface area (Å²) in [6.45, 7) is 1.85. The van der Waals surface area contributed by atoms with Gasteiger partial charge in [-0.3, -0.25) is 4.90 Å². The van der Waals surface area contributed by atoms with E-state index in [9.17, 15) is 0 Å². The minimum absolute atomic E-state index is 0.486. The molecule has 3 heterocycles. The van der Waals surface area contributed by atoms with Gasteiger partial charge in [-0.05, 0) is 26.3 Å². The average Bonchev–Trinajstić information content (AvgIpc) is 2.82. The third-order valence-electron chi connectivity index (χ3n) is 3.74. The summed E-state index contributed by atoms with van der Waals surface area (Å²) < 4.78 is 5.52. The number of nitrogens with zero attached hydrogens (tertiary/aromatic N) is 3. The van der Waals surface area contributed by atoms with Gasteiger partial charge in [0.2, 0.25) is 11.8 Å². The number of fused-ring (bicyclic) bond motifs is 2. The molecular weight excluding hydrogens is 178 g/mol. The molecule has 2 fully saturated rings. The molecule has 2 saturated heterocycles. The van der Waals surface area contributed by atoms with Crippen LogP contribution in [-0.4, -0.2) is 34.2 Å². The van der Waals surface area contributed by atoms with Crippen LogP contribution in [0.4, 0.5) is 0 Å². The fourth-order valence-electron chi connectivity index (χ4n) is 2.99. The van der Waals surface area contributed by atoms with Crippen LogP contribution in [0, 0.1) is 6.92 Å². The Hall–Kier alpha value is -0.900. The summed E-state index contributed by atoms with van der Waals surface area (Å²) in [5.74, 6) is 2.02. The van der Waals surface area contributed by atoms with E-state index in [0.717, 1.165) is 11.9 Å². The third-order valence-corrected chi connectivity index (χ3v) is 3.74. The van der Waals surface area contributed by atoms with Gasteiger partial charge < -0.3 is 4.42 Å². The van der Waals surface area contributed by atoms with Crippen molar-refractivity contribution < 1.29 is 4.42 Å². The van der Waals surface area contributed by atoms with E-state index < -0.39 is 0 Å². The molecule has 76 valence electrons. The van der Waals surface area contributed by atoms with E-state index in [-0.39, 0.29) is 0 Å². The van der Waals surface area contributed by atoms with Gasteiger partial charge in [0, 0.05) is 19.0 Å². The summed E-state index contributed by atoms with van der Waals surface area (Å²) in [4.78, 5) is 2.48. The van der Waals surface area contributed by atoms with Crippen molar-refractivity contribution in [2.45, 2.75) is 44.2 Å². The highest BCUT2D eigenvalue weighted by Crippen LogP contribution is 2.45. The third kappa shape index (κ3) is 1.03. The van der Waals surface area contributed by atoms with E-state index in [4.69, 9.17) is 4.42 Å². The van der Waals surface area contributed by atoms with Gasteiger partial charge in [0.25, 0.3) is 0 Å². The Morgan fingerprint density at radius 1 is 1.36 bits per heavy atom. The highest BCUT2D eigenvalue weighted by atomic mass is 16.4. The molecule has 1 aromatic heterocycles. The Morgan fingerprint density at radius 3 is 2.71 bits per heavy atom. The molecule has 3 unspecified atom stereocenters. The maximum Gasteiger partial charge on any atom is 0.221 e. The Morgan fingerprint density at radius 2 is 2.21 bits per heavy atom. The van der Waals surface area contributed by atoms with Crippen LogP contribution in [0.1, 0.15) is 37.0 Å². The largest absolute Gasteiger partial charge is 0.425 e. The molecule has 4 nitrogen and oxygen atoms in total. The molecule has 0 saturated carbocycles. The second-order valence-corrected chi connectivity index (χ2v) is 4.47. The second kappa shape index (κ2) is 2.79. The van der Waals surface area contributed by atoms with Gasteiger partial charge in [0.05, 0.1) is 5.92 Å². The van der Waals surface area contributed by atoms with Crippen molar-refractivity contribution in [3.05, 3.63) is 11.8 Å². The minimum Gasteiger partial charge on any atom is -0.425 e. The molecule has 2 aliphatic rings.